The summed E-state index contributed by atoms with van der Waals surface area (Å²) in [7, 11) is 0. The smallest absolute Gasteiger partial charge is 0.129 e. The van der Waals surface area contributed by atoms with E-state index in [0.29, 0.717) is 0 Å². The summed E-state index contributed by atoms with van der Waals surface area (Å²) in [5, 5.41) is 0. The lowest BCUT2D eigenvalue weighted by Gasteiger charge is -1.73. The number of rotatable bonds is 1. The minimum absolute atomic E-state index is 0.819. The van der Waals surface area contributed by atoms with Crippen LogP contribution in [0.4, 0.5) is 0 Å². The van der Waals surface area contributed by atoms with Crippen molar-refractivity contribution in [3.05, 3.63) is 24.8 Å². The second-order valence-corrected chi connectivity index (χ2v) is 1.18. The Kier molecular flexibility index (Phi) is 4.72. The molecule has 1 aromatic heterocycles. The summed E-state index contributed by atoms with van der Waals surface area (Å²) in [6.45, 7) is 3.51. The van der Waals surface area contributed by atoms with Crippen molar-refractivity contribution in [1.29, 1.82) is 4.78 Å². The molecule has 0 unspecified atom stereocenters. The summed E-state index contributed by atoms with van der Waals surface area (Å²) >= 11 is 2.22. The van der Waals surface area contributed by atoms with Gasteiger partial charge in [0.05, 0.1) is 0 Å². The summed E-state index contributed by atoms with van der Waals surface area (Å²) in [5.74, 6) is 0.819. The Morgan fingerprint density at radius 3 is 2.67 bits per heavy atom. The van der Waals surface area contributed by atoms with Gasteiger partial charge in [-0.25, -0.2) is 4.98 Å². The SMILES string of the molecule is C=Cc1ncc[nH]1.N=[SH2]. The van der Waals surface area contributed by atoms with Gasteiger partial charge in [0.25, 0.3) is 0 Å². The molecule has 0 atom stereocenters. The Morgan fingerprint density at radius 1 is 1.78 bits per heavy atom. The Hall–Kier alpha value is -0.900. The highest BCUT2D eigenvalue weighted by Crippen LogP contribution is 1.85. The normalized spacial score (nSPS) is 7.22. The molecule has 0 saturated heterocycles. The number of hydrogen-bond donors (Lipinski definition) is 2. The van der Waals surface area contributed by atoms with E-state index < -0.39 is 0 Å². The zero-order chi connectivity index (χ0) is 7.11. The van der Waals surface area contributed by atoms with Crippen molar-refractivity contribution in [3.63, 3.8) is 0 Å². The van der Waals surface area contributed by atoms with Crippen LogP contribution < -0.4 is 0 Å². The first-order valence-corrected chi connectivity index (χ1v) is 2.80. The minimum Gasteiger partial charge on any atom is -0.345 e. The monoisotopic (exact) mass is 143 g/mol. The number of hydrogen-bond acceptors (Lipinski definition) is 2. The fraction of sp³-hybridized carbons (Fsp3) is 0. The first-order chi connectivity index (χ1) is 4.43. The molecule has 0 aromatic carbocycles. The van der Waals surface area contributed by atoms with Gasteiger partial charge < -0.3 is 4.98 Å². The van der Waals surface area contributed by atoms with Crippen molar-refractivity contribution in [2.75, 3.05) is 0 Å². The van der Waals surface area contributed by atoms with Gasteiger partial charge in [-0.15, -0.1) is 12.4 Å². The third-order valence-electron chi connectivity index (χ3n) is 0.713. The van der Waals surface area contributed by atoms with E-state index in [0.717, 1.165) is 5.82 Å². The zero-order valence-electron chi connectivity index (χ0n) is 4.89. The molecular formula is C5H9N3S. The number of H-pyrrole nitrogens is 1. The van der Waals surface area contributed by atoms with Crippen LogP contribution in [0.15, 0.2) is 19.0 Å². The van der Waals surface area contributed by atoms with Crippen LogP contribution >= 0.6 is 0 Å². The molecule has 9 heavy (non-hydrogen) atoms. The molecule has 0 bridgehead atoms. The standard InChI is InChI=1S/C5H6N2.H3NS/c1-2-5-6-3-4-7-5;1-2/h2-4H,1H2,(H,6,7);1H,2H2. The molecule has 4 heteroatoms. The average molecular weight is 143 g/mol. The predicted octanol–water partition coefficient (Wildman–Crippen LogP) is 0.813. The van der Waals surface area contributed by atoms with Gasteiger partial charge in [0.15, 0.2) is 0 Å². The second kappa shape index (κ2) is 5.24. The number of imidazole rings is 1. The number of aromatic amines is 1. The average Bonchev–Trinajstić information content (AvgIpc) is 2.43. The predicted molar refractivity (Wildman–Crippen MR) is 41.6 cm³/mol. The molecule has 0 aliphatic heterocycles. The lowest BCUT2D eigenvalue weighted by atomic mass is 10.6. The van der Waals surface area contributed by atoms with Crippen molar-refractivity contribution < 1.29 is 0 Å². The number of aromatic nitrogens is 2. The Morgan fingerprint density at radius 2 is 2.44 bits per heavy atom. The van der Waals surface area contributed by atoms with Gasteiger partial charge in [0.1, 0.15) is 5.82 Å². The van der Waals surface area contributed by atoms with Crippen LogP contribution in [0.5, 0.6) is 0 Å². The van der Waals surface area contributed by atoms with Crippen molar-refractivity contribution in [2.45, 2.75) is 0 Å². The molecule has 0 fully saturated rings. The van der Waals surface area contributed by atoms with Crippen LogP contribution in [-0.4, -0.2) is 9.97 Å². The third kappa shape index (κ3) is 2.81. The molecular weight excluding hydrogens is 134 g/mol. The fourth-order valence-corrected chi connectivity index (χ4v) is 0.389. The van der Waals surface area contributed by atoms with E-state index in [1.54, 1.807) is 18.5 Å². The van der Waals surface area contributed by atoms with Crippen LogP contribution in [0, 0.1) is 4.78 Å². The molecule has 0 radical (unpaired) electrons. The highest BCUT2D eigenvalue weighted by atomic mass is 32.1. The lowest BCUT2D eigenvalue weighted by molar-refractivity contribution is 1.27. The largest absolute Gasteiger partial charge is 0.345 e. The van der Waals surface area contributed by atoms with Crippen LogP contribution in [-0.2, 0) is 12.4 Å². The molecule has 0 aliphatic carbocycles. The molecule has 0 spiro atoms. The summed E-state index contributed by atoms with van der Waals surface area (Å²) < 4.78 is 5.56. The Bertz CT molecular complexity index is 159. The van der Waals surface area contributed by atoms with E-state index in [9.17, 15) is 0 Å². The van der Waals surface area contributed by atoms with Crippen LogP contribution in [0.1, 0.15) is 5.82 Å². The zero-order valence-corrected chi connectivity index (χ0v) is 5.89. The quantitative estimate of drug-likeness (QED) is 0.600. The molecule has 3 nitrogen and oxygen atoms in total. The molecule has 0 saturated carbocycles. The molecule has 1 rings (SSSR count). The van der Waals surface area contributed by atoms with Crippen molar-refractivity contribution in [1.82, 2.24) is 9.97 Å². The Balaban J connectivity index is 0.000000291. The van der Waals surface area contributed by atoms with E-state index in [2.05, 4.69) is 29.0 Å². The Labute approximate surface area is 58.8 Å². The second-order valence-electron chi connectivity index (χ2n) is 1.18. The summed E-state index contributed by atoms with van der Waals surface area (Å²) in [6, 6.07) is 0. The van der Waals surface area contributed by atoms with E-state index in [1.165, 1.54) is 0 Å². The van der Waals surface area contributed by atoms with Crippen LogP contribution in [0.25, 0.3) is 6.08 Å². The maximum Gasteiger partial charge on any atom is 0.129 e. The number of nitrogens with zero attached hydrogens (tertiary/aromatic N) is 1. The molecule has 1 heterocycles. The lowest BCUT2D eigenvalue weighted by Crippen LogP contribution is -1.67. The molecule has 0 amide bonds. The molecule has 50 valence electrons. The van der Waals surface area contributed by atoms with Crippen molar-refractivity contribution in [2.24, 2.45) is 0 Å². The van der Waals surface area contributed by atoms with E-state index in [-0.39, 0.29) is 0 Å². The highest BCUT2D eigenvalue weighted by molar-refractivity contribution is 7.45. The van der Waals surface area contributed by atoms with Gasteiger partial charge in [0, 0.05) is 12.4 Å². The first kappa shape index (κ1) is 8.10. The maximum absolute atomic E-state index is 5.56. The molecule has 0 aliphatic rings. The topological polar surface area (TPSA) is 52.5 Å². The van der Waals surface area contributed by atoms with Gasteiger partial charge in [-0.05, 0) is 6.08 Å². The molecule has 1 aromatic rings. The summed E-state index contributed by atoms with van der Waals surface area (Å²) in [4.78, 5) is 6.72. The highest BCUT2D eigenvalue weighted by Gasteiger charge is 1.78. The van der Waals surface area contributed by atoms with Gasteiger partial charge in [0.2, 0.25) is 0 Å². The van der Waals surface area contributed by atoms with Gasteiger partial charge in [-0.1, -0.05) is 6.58 Å². The van der Waals surface area contributed by atoms with Crippen molar-refractivity contribution >= 4 is 18.5 Å². The number of nitrogens with one attached hydrogen (secondary N) is 2. The van der Waals surface area contributed by atoms with Gasteiger partial charge >= 0.3 is 0 Å². The maximum atomic E-state index is 5.56. The first-order valence-electron chi connectivity index (χ1n) is 2.30. The minimum atomic E-state index is 0.819. The summed E-state index contributed by atoms with van der Waals surface area (Å²) in [6.07, 6.45) is 5.12. The van der Waals surface area contributed by atoms with E-state index >= 15 is 0 Å². The van der Waals surface area contributed by atoms with Crippen LogP contribution in [0.2, 0.25) is 0 Å². The van der Waals surface area contributed by atoms with E-state index in [1.807, 2.05) is 0 Å². The van der Waals surface area contributed by atoms with Crippen molar-refractivity contribution in [3.8, 4) is 0 Å². The summed E-state index contributed by atoms with van der Waals surface area (Å²) in [5.41, 5.74) is 0. The van der Waals surface area contributed by atoms with Gasteiger partial charge in [-0.3, -0.25) is 4.78 Å². The van der Waals surface area contributed by atoms with Crippen LogP contribution in [0.3, 0.4) is 0 Å². The third-order valence-corrected chi connectivity index (χ3v) is 0.713. The van der Waals surface area contributed by atoms with E-state index in [4.69, 9.17) is 4.78 Å². The molecule has 2 N–H and O–H groups in total. The fourth-order valence-electron chi connectivity index (χ4n) is 0.389. The van der Waals surface area contributed by atoms with Gasteiger partial charge in [-0.2, -0.15) is 0 Å².